The summed E-state index contributed by atoms with van der Waals surface area (Å²) in [6.45, 7) is 12.6. The first-order valence-corrected chi connectivity index (χ1v) is 23.1. The average molecular weight is 854 g/mol. The minimum absolute atomic E-state index is 0. The Balaban J connectivity index is 0.000000344. The molecule has 2 unspecified atom stereocenters. The number of aryl methyl sites for hydroxylation is 4. The van der Waals surface area contributed by atoms with Crippen LogP contribution in [0, 0.1) is 27.7 Å². The molecule has 2 aromatic heterocycles. The molecule has 0 aliphatic heterocycles. The summed E-state index contributed by atoms with van der Waals surface area (Å²) in [5.74, 6) is 0.898. The number of alkyl halides is 2. The van der Waals surface area contributed by atoms with Crippen molar-refractivity contribution in [2.24, 2.45) is 0 Å². The van der Waals surface area contributed by atoms with E-state index in [0.717, 1.165) is 38.9 Å². The molecule has 2 atom stereocenters. The standard InChI is InChI=1S/C23H27NO4P2.C10H15O2P.C7H7Cl2N.ClH/c1-16-8-5-9-17(2)22(16)29(25,26)14-20-12-7-13-21(24-20)15-30(27,28)23-18(3)10-6-11-19(23)4;1-3-11-13(12-4-2)10-8-6-5-7-9-10;8-4-6-2-1-3-7(5-9)10-6;/h5-13H,14-15H2,1-4H3,(H,25,26)(H,27,28);5-9H,3-4H2,1-2H3;1-3H,4-5H2;1H. The van der Waals surface area contributed by atoms with E-state index in [1.807, 2.05) is 126 Å². The van der Waals surface area contributed by atoms with Crippen LogP contribution >= 0.6 is 58.7 Å². The van der Waals surface area contributed by atoms with E-state index < -0.39 is 23.1 Å². The van der Waals surface area contributed by atoms with Gasteiger partial charge in [-0.1, -0.05) is 66.7 Å². The van der Waals surface area contributed by atoms with Crippen molar-refractivity contribution < 1.29 is 28.0 Å². The molecule has 0 aliphatic rings. The second-order valence-corrected chi connectivity index (χ2v) is 18.6. The molecule has 0 spiro atoms. The van der Waals surface area contributed by atoms with Gasteiger partial charge in [-0.05, 0) is 100 Å². The fraction of sp³-hybridized carbons (Fsp3) is 0.300. The van der Waals surface area contributed by atoms with Gasteiger partial charge < -0.3 is 18.8 Å². The second kappa shape index (κ2) is 23.6. The zero-order valence-corrected chi connectivity index (χ0v) is 36.5. The molecular formula is C40H50Cl3N2O6P3. The molecule has 3 aromatic carbocycles. The van der Waals surface area contributed by atoms with Crippen LogP contribution in [0.25, 0.3) is 0 Å². The van der Waals surface area contributed by atoms with Gasteiger partial charge in [-0.15, -0.1) is 35.6 Å². The summed E-state index contributed by atoms with van der Waals surface area (Å²) in [6, 6.07) is 31.8. The van der Waals surface area contributed by atoms with Gasteiger partial charge in [0.2, 0.25) is 23.1 Å². The van der Waals surface area contributed by atoms with Crippen molar-refractivity contribution in [3.05, 3.63) is 148 Å². The molecule has 0 saturated heterocycles. The van der Waals surface area contributed by atoms with Crippen LogP contribution in [0.1, 0.15) is 58.9 Å². The van der Waals surface area contributed by atoms with Crippen molar-refractivity contribution in [3.8, 4) is 0 Å². The fourth-order valence-corrected chi connectivity index (χ4v) is 11.3. The van der Waals surface area contributed by atoms with Gasteiger partial charge in [0.05, 0.1) is 60.1 Å². The highest BCUT2D eigenvalue weighted by molar-refractivity contribution is 7.65. The van der Waals surface area contributed by atoms with Crippen LogP contribution in [0.15, 0.2) is 103 Å². The number of halogens is 3. The minimum Gasteiger partial charge on any atom is -0.341 e. The molecule has 2 N–H and O–H groups in total. The third-order valence-electron chi connectivity index (χ3n) is 7.79. The molecule has 0 saturated carbocycles. The minimum atomic E-state index is -3.68. The van der Waals surface area contributed by atoms with E-state index in [2.05, 4.69) is 9.97 Å². The maximum atomic E-state index is 13.1. The van der Waals surface area contributed by atoms with E-state index in [-0.39, 0.29) is 24.7 Å². The van der Waals surface area contributed by atoms with Crippen molar-refractivity contribution in [2.45, 2.75) is 65.6 Å². The van der Waals surface area contributed by atoms with Gasteiger partial charge in [0.1, 0.15) is 0 Å². The average Bonchev–Trinajstić information content (AvgIpc) is 3.12. The number of rotatable bonds is 13. The van der Waals surface area contributed by atoms with E-state index in [4.69, 9.17) is 32.2 Å². The summed E-state index contributed by atoms with van der Waals surface area (Å²) in [5.41, 5.74) is 5.70. The second-order valence-electron chi connectivity index (χ2n) is 12.1. The van der Waals surface area contributed by atoms with E-state index in [0.29, 0.717) is 47.0 Å². The molecule has 5 rings (SSSR count). The topological polar surface area (TPSA) is 119 Å². The normalized spacial score (nSPS) is 12.9. The maximum absolute atomic E-state index is 13.1. The lowest BCUT2D eigenvalue weighted by Crippen LogP contribution is -2.15. The first-order valence-electron chi connectivity index (χ1n) is 17.2. The van der Waals surface area contributed by atoms with Crippen LogP contribution in [-0.4, -0.2) is 33.0 Å². The molecular weight excluding hydrogens is 804 g/mol. The predicted molar refractivity (Wildman–Crippen MR) is 229 cm³/mol. The first-order chi connectivity index (χ1) is 25.3. The molecule has 0 fully saturated rings. The van der Waals surface area contributed by atoms with E-state index in [1.165, 1.54) is 0 Å². The number of pyridine rings is 2. The highest BCUT2D eigenvalue weighted by Gasteiger charge is 2.29. The summed E-state index contributed by atoms with van der Waals surface area (Å²) in [7, 11) is -8.22. The summed E-state index contributed by atoms with van der Waals surface area (Å²) >= 11 is 11.1. The SMILES string of the molecule is CCOP(OCC)c1ccccc1.Cc1cccc(C)c1P(=O)(O)Cc1cccc(CP(=O)(O)c2c(C)cccc2C)n1.Cl.ClCc1cccc(CCl)n1. The molecule has 2 heterocycles. The smallest absolute Gasteiger partial charge is 0.235 e. The van der Waals surface area contributed by atoms with Gasteiger partial charge in [-0.2, -0.15) is 0 Å². The molecule has 0 amide bonds. The van der Waals surface area contributed by atoms with Gasteiger partial charge in [0.25, 0.3) is 0 Å². The largest absolute Gasteiger partial charge is 0.341 e. The number of benzene rings is 3. The Hall–Kier alpha value is -2.44. The van der Waals surface area contributed by atoms with Gasteiger partial charge in [0.15, 0.2) is 0 Å². The van der Waals surface area contributed by atoms with Crippen LogP contribution in [0.2, 0.25) is 0 Å². The highest BCUT2D eigenvalue weighted by atomic mass is 35.5. The van der Waals surface area contributed by atoms with Crippen molar-refractivity contribution in [2.75, 3.05) is 13.2 Å². The summed E-state index contributed by atoms with van der Waals surface area (Å²) < 4.78 is 37.3. The van der Waals surface area contributed by atoms with E-state index in [1.54, 1.807) is 18.2 Å². The lowest BCUT2D eigenvalue weighted by Gasteiger charge is -2.18. The third-order valence-corrected chi connectivity index (χ3v) is 14.4. The molecule has 292 valence electrons. The number of hydrogen-bond donors (Lipinski definition) is 2. The Morgan fingerprint density at radius 3 is 1.24 bits per heavy atom. The molecule has 0 aliphatic carbocycles. The van der Waals surface area contributed by atoms with Crippen molar-refractivity contribution in [1.82, 2.24) is 9.97 Å². The maximum Gasteiger partial charge on any atom is 0.235 e. The van der Waals surface area contributed by atoms with Crippen LogP contribution in [0.3, 0.4) is 0 Å². The Kier molecular flexibility index (Phi) is 20.8. The van der Waals surface area contributed by atoms with Crippen LogP contribution in [0.5, 0.6) is 0 Å². The zero-order chi connectivity index (χ0) is 39.0. The summed E-state index contributed by atoms with van der Waals surface area (Å²) in [6.07, 6.45) is -0.239. The van der Waals surface area contributed by atoms with Gasteiger partial charge in [-0.25, -0.2) is 0 Å². The highest BCUT2D eigenvalue weighted by Crippen LogP contribution is 2.47. The monoisotopic (exact) mass is 852 g/mol. The van der Waals surface area contributed by atoms with Crippen LogP contribution in [0.4, 0.5) is 0 Å². The molecule has 5 aromatic rings. The first kappa shape index (κ1) is 47.7. The Labute approximate surface area is 337 Å². The molecule has 8 nitrogen and oxygen atoms in total. The molecule has 0 bridgehead atoms. The van der Waals surface area contributed by atoms with E-state index in [9.17, 15) is 18.9 Å². The number of hydrogen-bond acceptors (Lipinski definition) is 6. The van der Waals surface area contributed by atoms with Crippen LogP contribution in [-0.2, 0) is 42.3 Å². The predicted octanol–water partition coefficient (Wildman–Crippen LogP) is 10.2. The van der Waals surface area contributed by atoms with E-state index >= 15 is 0 Å². The van der Waals surface area contributed by atoms with Gasteiger partial charge >= 0.3 is 0 Å². The lowest BCUT2D eigenvalue weighted by molar-refractivity contribution is 0.277. The van der Waals surface area contributed by atoms with Crippen molar-refractivity contribution in [1.29, 1.82) is 0 Å². The fourth-order valence-electron chi connectivity index (χ4n) is 5.66. The quantitative estimate of drug-likeness (QED) is 0.0888. The number of aromatic nitrogens is 2. The number of nitrogens with zero attached hydrogens (tertiary/aromatic N) is 2. The third kappa shape index (κ3) is 14.6. The zero-order valence-electron chi connectivity index (χ0n) is 31.5. The Morgan fingerprint density at radius 2 is 0.889 bits per heavy atom. The Morgan fingerprint density at radius 1 is 0.556 bits per heavy atom. The summed E-state index contributed by atoms with van der Waals surface area (Å²) in [5, 5.41) is 2.06. The van der Waals surface area contributed by atoms with Gasteiger partial charge in [0, 0.05) is 15.9 Å². The van der Waals surface area contributed by atoms with Gasteiger partial charge in [-0.3, -0.25) is 19.1 Å². The molecule has 0 radical (unpaired) electrons. The summed E-state index contributed by atoms with van der Waals surface area (Å²) in [4.78, 5) is 30.2. The van der Waals surface area contributed by atoms with Crippen molar-refractivity contribution in [3.63, 3.8) is 0 Å². The lowest BCUT2D eigenvalue weighted by atomic mass is 10.2. The Bertz CT molecular complexity index is 1850. The van der Waals surface area contributed by atoms with Crippen molar-refractivity contribution >= 4 is 74.6 Å². The van der Waals surface area contributed by atoms with Crippen LogP contribution < -0.4 is 15.9 Å². The molecule has 54 heavy (non-hydrogen) atoms. The molecule has 14 heteroatoms.